The van der Waals surface area contributed by atoms with Crippen LogP contribution in [-0.2, 0) is 14.3 Å². The number of hydrogen-bond acceptors (Lipinski definition) is 3. The quantitative estimate of drug-likeness (QED) is 0.226. The first-order chi connectivity index (χ1) is 12.9. The Morgan fingerprint density at radius 2 is 1.04 bits per heavy atom. The number of hydrogen-bond donors (Lipinski definition) is 1. The molecule has 0 amide bonds. The van der Waals surface area contributed by atoms with Gasteiger partial charge in [0.2, 0.25) is 0 Å². The van der Waals surface area contributed by atoms with Gasteiger partial charge in [-0.25, -0.2) is 0 Å². The fourth-order valence-corrected chi connectivity index (χ4v) is 3.32. The maximum absolute atomic E-state index is 11.9. The third kappa shape index (κ3) is 16.8. The Balaban J connectivity index is 0. The predicted octanol–water partition coefficient (Wildman–Crippen LogP) is 7.15. The molecule has 0 aromatic carbocycles. The number of aliphatic carboxylic acids is 1. The van der Waals surface area contributed by atoms with E-state index in [0.717, 1.165) is 51.4 Å². The molecule has 4 nitrogen and oxygen atoms in total. The third-order valence-corrected chi connectivity index (χ3v) is 5.27. The van der Waals surface area contributed by atoms with Gasteiger partial charge in [-0.1, -0.05) is 97.8 Å². The van der Waals surface area contributed by atoms with Crippen molar-refractivity contribution in [1.82, 2.24) is 0 Å². The number of methoxy groups -OCH3 is 1. The van der Waals surface area contributed by atoms with Crippen LogP contribution in [0.4, 0.5) is 0 Å². The molecule has 0 unspecified atom stereocenters. The fourth-order valence-electron chi connectivity index (χ4n) is 3.32. The van der Waals surface area contributed by atoms with Crippen molar-refractivity contribution in [3.8, 4) is 0 Å². The monoisotopic (exact) mass is 386 g/mol. The molecule has 0 saturated heterocycles. The molecule has 4 heteroatoms. The number of carboxylic acid groups (broad SMARTS) is 1. The van der Waals surface area contributed by atoms with Gasteiger partial charge in [0.15, 0.2) is 0 Å². The van der Waals surface area contributed by atoms with E-state index in [1.54, 1.807) is 0 Å². The summed E-state index contributed by atoms with van der Waals surface area (Å²) in [6.45, 7) is 7.92. The van der Waals surface area contributed by atoms with Gasteiger partial charge in [0, 0.05) is 6.92 Å². The number of esters is 1. The first kappa shape index (κ1) is 28.2. The Kier molecular flexibility index (Phi) is 20.5. The van der Waals surface area contributed by atoms with E-state index in [4.69, 9.17) is 0 Å². The minimum atomic E-state index is -0.544. The van der Waals surface area contributed by atoms with Gasteiger partial charge in [0.25, 0.3) is 0 Å². The summed E-state index contributed by atoms with van der Waals surface area (Å²) in [4.78, 5) is 21.5. The lowest BCUT2D eigenvalue weighted by Gasteiger charge is -2.29. The lowest BCUT2D eigenvalue weighted by molar-refractivity contribution is -0.150. The molecule has 0 rings (SSSR count). The summed E-state index contributed by atoms with van der Waals surface area (Å²) in [6.07, 6.45) is 17.2. The highest BCUT2D eigenvalue weighted by Gasteiger charge is 2.36. The van der Waals surface area contributed by atoms with E-state index in [1.807, 2.05) is 0 Å². The average Bonchev–Trinajstić information content (AvgIpc) is 2.65. The summed E-state index contributed by atoms with van der Waals surface area (Å²) < 4.78 is 4.11. The minimum absolute atomic E-state index is 0.245. The zero-order valence-electron chi connectivity index (χ0n) is 18.8. The van der Waals surface area contributed by atoms with Crippen LogP contribution in [-0.4, -0.2) is 24.2 Å². The van der Waals surface area contributed by atoms with Crippen molar-refractivity contribution >= 4 is 11.9 Å². The van der Waals surface area contributed by atoms with Crippen LogP contribution >= 0.6 is 0 Å². The Labute approximate surface area is 168 Å². The Bertz CT molecular complexity index is 344. The highest BCUT2D eigenvalue weighted by atomic mass is 16.5. The van der Waals surface area contributed by atoms with Crippen LogP contribution in [0, 0.1) is 5.41 Å². The molecule has 162 valence electrons. The molecule has 0 aromatic rings. The predicted molar refractivity (Wildman–Crippen MR) is 114 cm³/mol. The first-order valence-electron chi connectivity index (χ1n) is 11.2. The van der Waals surface area contributed by atoms with Gasteiger partial charge in [-0.15, -0.1) is 0 Å². The summed E-state index contributed by atoms with van der Waals surface area (Å²) in [5.41, 5.74) is -0.436. The largest absolute Gasteiger partial charge is 0.481 e. The Hall–Kier alpha value is -1.06. The van der Waals surface area contributed by atoms with Crippen molar-refractivity contribution in [3.63, 3.8) is 0 Å². The van der Waals surface area contributed by atoms with E-state index in [-0.39, 0.29) is 5.97 Å². The van der Waals surface area contributed by atoms with Crippen LogP contribution < -0.4 is 0 Å². The molecular formula is C23H46O4. The van der Waals surface area contributed by atoms with Crippen LogP contribution in [0.3, 0.4) is 0 Å². The van der Waals surface area contributed by atoms with Crippen LogP contribution in [0.5, 0.6) is 0 Å². The standard InChI is InChI=1S/C20H40O2.C3H6O2/c1-4-7-10-11-12-13-14-15-18-20(19(21)22,16-8-5-2)17-9-6-3;1-3(4)5-2/h4-18H2,1-3H3,(H,21,22);1-2H3. The summed E-state index contributed by atoms with van der Waals surface area (Å²) >= 11 is 0. The molecule has 1 N–H and O–H groups in total. The molecule has 0 fully saturated rings. The number of carbonyl (C=O) groups is 2. The van der Waals surface area contributed by atoms with Gasteiger partial charge in [0.1, 0.15) is 0 Å². The minimum Gasteiger partial charge on any atom is -0.481 e. The molecule has 0 aliphatic carbocycles. The second-order valence-corrected chi connectivity index (χ2v) is 7.71. The summed E-state index contributed by atoms with van der Waals surface area (Å²) in [7, 11) is 1.35. The Morgan fingerprint density at radius 1 is 0.704 bits per heavy atom. The lowest BCUT2D eigenvalue weighted by Crippen LogP contribution is -2.31. The topological polar surface area (TPSA) is 63.6 Å². The number of rotatable bonds is 16. The van der Waals surface area contributed by atoms with Crippen molar-refractivity contribution in [1.29, 1.82) is 0 Å². The molecular weight excluding hydrogens is 340 g/mol. The van der Waals surface area contributed by atoms with E-state index in [1.165, 1.54) is 59.0 Å². The molecule has 0 aliphatic rings. The fraction of sp³-hybridized carbons (Fsp3) is 0.913. The van der Waals surface area contributed by atoms with E-state index >= 15 is 0 Å². The molecule has 0 heterocycles. The van der Waals surface area contributed by atoms with E-state index in [9.17, 15) is 14.7 Å². The molecule has 0 aliphatic heterocycles. The zero-order valence-corrected chi connectivity index (χ0v) is 18.8. The van der Waals surface area contributed by atoms with Gasteiger partial charge in [-0.2, -0.15) is 0 Å². The van der Waals surface area contributed by atoms with Crippen LogP contribution in [0.1, 0.15) is 124 Å². The summed E-state index contributed by atoms with van der Waals surface area (Å²) in [6, 6.07) is 0. The van der Waals surface area contributed by atoms with Crippen LogP contribution in [0.15, 0.2) is 0 Å². The SMILES string of the molecule is CCCCCCCCCCC(CCCC)(CCCC)C(=O)O.COC(C)=O. The molecule has 0 spiro atoms. The summed E-state index contributed by atoms with van der Waals surface area (Å²) in [5.74, 6) is -0.789. The maximum atomic E-state index is 11.9. The van der Waals surface area contributed by atoms with Crippen molar-refractivity contribution in [2.24, 2.45) is 5.41 Å². The average molecular weight is 387 g/mol. The van der Waals surface area contributed by atoms with Gasteiger partial charge < -0.3 is 9.84 Å². The van der Waals surface area contributed by atoms with Crippen LogP contribution in [0.25, 0.3) is 0 Å². The van der Waals surface area contributed by atoms with Gasteiger partial charge in [-0.05, 0) is 19.3 Å². The smallest absolute Gasteiger partial charge is 0.309 e. The second kappa shape index (κ2) is 19.7. The van der Waals surface area contributed by atoms with Gasteiger partial charge in [0.05, 0.1) is 12.5 Å². The maximum Gasteiger partial charge on any atom is 0.309 e. The zero-order chi connectivity index (χ0) is 21.0. The summed E-state index contributed by atoms with van der Waals surface area (Å²) in [5, 5.41) is 9.78. The molecule has 27 heavy (non-hydrogen) atoms. The number of carboxylic acids is 1. The van der Waals surface area contributed by atoms with Crippen molar-refractivity contribution in [2.75, 3.05) is 7.11 Å². The number of unbranched alkanes of at least 4 members (excludes halogenated alkanes) is 9. The second-order valence-electron chi connectivity index (χ2n) is 7.71. The first-order valence-corrected chi connectivity index (χ1v) is 11.2. The third-order valence-electron chi connectivity index (χ3n) is 5.27. The van der Waals surface area contributed by atoms with E-state index < -0.39 is 11.4 Å². The van der Waals surface area contributed by atoms with E-state index in [0.29, 0.717) is 0 Å². The molecule has 0 aromatic heterocycles. The highest BCUT2D eigenvalue weighted by molar-refractivity contribution is 5.74. The van der Waals surface area contributed by atoms with Crippen molar-refractivity contribution < 1.29 is 19.4 Å². The highest BCUT2D eigenvalue weighted by Crippen LogP contribution is 2.37. The van der Waals surface area contributed by atoms with Crippen molar-refractivity contribution in [2.45, 2.75) is 124 Å². The lowest BCUT2D eigenvalue weighted by atomic mass is 9.74. The van der Waals surface area contributed by atoms with E-state index in [2.05, 4.69) is 25.5 Å². The normalized spacial score (nSPS) is 10.9. The Morgan fingerprint density at radius 3 is 1.37 bits per heavy atom. The van der Waals surface area contributed by atoms with Crippen molar-refractivity contribution in [3.05, 3.63) is 0 Å². The molecule has 0 bridgehead atoms. The molecule has 0 saturated carbocycles. The van der Waals surface area contributed by atoms with Gasteiger partial charge in [-0.3, -0.25) is 9.59 Å². The molecule has 0 atom stereocenters. The number of carbonyl (C=O) groups excluding carboxylic acids is 1. The van der Waals surface area contributed by atoms with Crippen LogP contribution in [0.2, 0.25) is 0 Å². The van der Waals surface area contributed by atoms with Gasteiger partial charge >= 0.3 is 11.9 Å². The number of ether oxygens (including phenoxy) is 1. The molecule has 0 radical (unpaired) electrons.